The fourth-order valence-electron chi connectivity index (χ4n) is 3.80. The SMILES string of the molecule is CCCCC[Si](CCCCC)(CCCCC)CC(C)C. The molecular weight excluding hydrogens is 256 g/mol. The molecule has 0 saturated carbocycles. The van der Waals surface area contributed by atoms with Gasteiger partial charge in [0.05, 0.1) is 8.07 Å². The van der Waals surface area contributed by atoms with Crippen LogP contribution >= 0.6 is 0 Å². The maximum absolute atomic E-state index is 2.46. The van der Waals surface area contributed by atoms with Gasteiger partial charge in [-0.3, -0.25) is 0 Å². The summed E-state index contributed by atoms with van der Waals surface area (Å²) in [6, 6.07) is 6.50. The largest absolute Gasteiger partial charge is 0.0654 e. The molecule has 0 aromatic rings. The standard InChI is InChI=1S/C19H42Si/c1-6-9-12-15-20(18-19(4)5,16-13-10-7-2)17-14-11-8-3/h19H,6-18H2,1-5H3. The van der Waals surface area contributed by atoms with Crippen molar-refractivity contribution in [2.45, 2.75) is 117 Å². The number of hydrogen-bond donors (Lipinski definition) is 0. The van der Waals surface area contributed by atoms with E-state index in [1.165, 1.54) is 57.8 Å². The average Bonchev–Trinajstić information content (AvgIpc) is 2.39. The summed E-state index contributed by atoms with van der Waals surface area (Å²) in [6.45, 7) is 12.0. The van der Waals surface area contributed by atoms with Gasteiger partial charge in [0, 0.05) is 0 Å². The molecule has 0 radical (unpaired) electrons. The van der Waals surface area contributed by atoms with Crippen LogP contribution in [0.2, 0.25) is 24.2 Å². The molecule has 0 nitrogen and oxygen atoms in total. The highest BCUT2D eigenvalue weighted by molar-refractivity contribution is 6.79. The molecule has 0 spiro atoms. The first-order valence-electron chi connectivity index (χ1n) is 9.60. The lowest BCUT2D eigenvalue weighted by atomic mass is 10.3. The van der Waals surface area contributed by atoms with Crippen LogP contribution in [0.3, 0.4) is 0 Å². The Labute approximate surface area is 131 Å². The normalized spacial score (nSPS) is 12.3. The Kier molecular flexibility index (Phi) is 13.1. The molecular formula is C19H42Si. The summed E-state index contributed by atoms with van der Waals surface area (Å²) in [5.74, 6) is 0.923. The lowest BCUT2D eigenvalue weighted by molar-refractivity contribution is 0.667. The van der Waals surface area contributed by atoms with Crippen LogP contribution < -0.4 is 0 Å². The number of unbranched alkanes of at least 4 members (excludes halogenated alkanes) is 6. The third kappa shape index (κ3) is 10.0. The van der Waals surface area contributed by atoms with E-state index in [2.05, 4.69) is 34.6 Å². The first kappa shape index (κ1) is 20.2. The highest BCUT2D eigenvalue weighted by atomic mass is 28.3. The average molecular weight is 299 g/mol. The molecule has 0 fully saturated rings. The Morgan fingerprint density at radius 1 is 0.600 bits per heavy atom. The van der Waals surface area contributed by atoms with Crippen molar-refractivity contribution < 1.29 is 0 Å². The molecule has 0 aliphatic heterocycles. The van der Waals surface area contributed by atoms with Crippen molar-refractivity contribution in [3.63, 3.8) is 0 Å². The van der Waals surface area contributed by atoms with Gasteiger partial charge in [-0.2, -0.15) is 0 Å². The number of hydrogen-bond acceptors (Lipinski definition) is 0. The van der Waals surface area contributed by atoms with Gasteiger partial charge in [-0.05, 0) is 5.92 Å². The van der Waals surface area contributed by atoms with Gasteiger partial charge in [-0.15, -0.1) is 0 Å². The molecule has 0 heterocycles. The summed E-state index contributed by atoms with van der Waals surface area (Å²) in [5.41, 5.74) is 0. The first-order chi connectivity index (χ1) is 9.60. The molecule has 0 bridgehead atoms. The zero-order chi connectivity index (χ0) is 15.3. The topological polar surface area (TPSA) is 0 Å². The van der Waals surface area contributed by atoms with Crippen molar-refractivity contribution in [1.82, 2.24) is 0 Å². The molecule has 0 aromatic heterocycles. The lowest BCUT2D eigenvalue weighted by Gasteiger charge is -2.34. The summed E-state index contributed by atoms with van der Waals surface area (Å²) in [6.07, 6.45) is 13.1. The quantitative estimate of drug-likeness (QED) is 0.228. The van der Waals surface area contributed by atoms with E-state index in [4.69, 9.17) is 0 Å². The second-order valence-corrected chi connectivity index (χ2v) is 12.4. The van der Waals surface area contributed by atoms with Crippen LogP contribution in [0.1, 0.15) is 92.4 Å². The van der Waals surface area contributed by atoms with Gasteiger partial charge < -0.3 is 0 Å². The summed E-state index contributed by atoms with van der Waals surface area (Å²) in [4.78, 5) is 0. The minimum Gasteiger partial charge on any atom is -0.0654 e. The summed E-state index contributed by atoms with van der Waals surface area (Å²) >= 11 is 0. The van der Waals surface area contributed by atoms with Crippen molar-refractivity contribution >= 4 is 8.07 Å². The van der Waals surface area contributed by atoms with Gasteiger partial charge in [0.15, 0.2) is 0 Å². The van der Waals surface area contributed by atoms with E-state index in [1.807, 2.05) is 0 Å². The molecule has 20 heavy (non-hydrogen) atoms. The third-order valence-corrected chi connectivity index (χ3v) is 10.7. The fourth-order valence-corrected chi connectivity index (χ4v) is 9.89. The van der Waals surface area contributed by atoms with Crippen LogP contribution in [-0.4, -0.2) is 8.07 Å². The molecule has 122 valence electrons. The molecule has 1 heteroatoms. The maximum Gasteiger partial charge on any atom is 0.0538 e. The molecule has 0 N–H and O–H groups in total. The summed E-state index contributed by atoms with van der Waals surface area (Å²) in [5, 5.41) is 0. The summed E-state index contributed by atoms with van der Waals surface area (Å²) in [7, 11) is -0.970. The predicted octanol–water partition coefficient (Wildman–Crippen LogP) is 7.66. The fraction of sp³-hybridized carbons (Fsp3) is 1.00. The van der Waals surface area contributed by atoms with Crippen molar-refractivity contribution in [2.24, 2.45) is 5.92 Å². The van der Waals surface area contributed by atoms with E-state index in [-0.39, 0.29) is 0 Å². The molecule has 0 aliphatic carbocycles. The van der Waals surface area contributed by atoms with Crippen molar-refractivity contribution in [2.75, 3.05) is 0 Å². The minimum absolute atomic E-state index is 0.923. The van der Waals surface area contributed by atoms with E-state index >= 15 is 0 Å². The maximum atomic E-state index is 2.46. The van der Waals surface area contributed by atoms with E-state index in [1.54, 1.807) is 24.2 Å². The van der Waals surface area contributed by atoms with Crippen molar-refractivity contribution in [3.05, 3.63) is 0 Å². The molecule has 0 atom stereocenters. The monoisotopic (exact) mass is 298 g/mol. The first-order valence-corrected chi connectivity index (χ1v) is 12.4. The van der Waals surface area contributed by atoms with Crippen LogP contribution in [0.15, 0.2) is 0 Å². The third-order valence-electron chi connectivity index (χ3n) is 4.77. The smallest absolute Gasteiger partial charge is 0.0538 e. The van der Waals surface area contributed by atoms with Crippen LogP contribution in [0.25, 0.3) is 0 Å². The predicted molar refractivity (Wildman–Crippen MR) is 98.4 cm³/mol. The van der Waals surface area contributed by atoms with Gasteiger partial charge >= 0.3 is 0 Å². The Morgan fingerprint density at radius 2 is 0.950 bits per heavy atom. The zero-order valence-electron chi connectivity index (χ0n) is 15.3. The highest BCUT2D eigenvalue weighted by Gasteiger charge is 2.31. The van der Waals surface area contributed by atoms with Gasteiger partial charge in [0.25, 0.3) is 0 Å². The van der Waals surface area contributed by atoms with Crippen LogP contribution in [0, 0.1) is 5.92 Å². The second kappa shape index (κ2) is 12.9. The molecule has 0 saturated heterocycles. The van der Waals surface area contributed by atoms with Crippen LogP contribution in [0.5, 0.6) is 0 Å². The second-order valence-electron chi connectivity index (χ2n) is 7.47. The summed E-state index contributed by atoms with van der Waals surface area (Å²) < 4.78 is 0. The number of rotatable bonds is 14. The van der Waals surface area contributed by atoms with E-state index in [9.17, 15) is 0 Å². The minimum atomic E-state index is -0.970. The van der Waals surface area contributed by atoms with E-state index in [0.29, 0.717) is 0 Å². The van der Waals surface area contributed by atoms with Gasteiger partial charge in [-0.1, -0.05) is 117 Å². The highest BCUT2D eigenvalue weighted by Crippen LogP contribution is 2.35. The zero-order valence-corrected chi connectivity index (χ0v) is 16.3. The molecule has 0 rings (SSSR count). The van der Waals surface area contributed by atoms with E-state index in [0.717, 1.165) is 5.92 Å². The Bertz CT molecular complexity index is 171. The van der Waals surface area contributed by atoms with Gasteiger partial charge in [-0.25, -0.2) is 0 Å². The molecule has 0 aromatic carbocycles. The molecule has 0 aliphatic rings. The Hall–Kier alpha value is 0.217. The molecule has 0 amide bonds. The Morgan fingerprint density at radius 3 is 1.20 bits per heavy atom. The van der Waals surface area contributed by atoms with Gasteiger partial charge in [0.2, 0.25) is 0 Å². The van der Waals surface area contributed by atoms with Crippen molar-refractivity contribution in [1.29, 1.82) is 0 Å². The van der Waals surface area contributed by atoms with E-state index < -0.39 is 8.07 Å². The Balaban J connectivity index is 4.57. The van der Waals surface area contributed by atoms with Crippen LogP contribution in [-0.2, 0) is 0 Å². The van der Waals surface area contributed by atoms with Crippen molar-refractivity contribution in [3.8, 4) is 0 Å². The molecule has 0 unspecified atom stereocenters. The van der Waals surface area contributed by atoms with Gasteiger partial charge in [0.1, 0.15) is 0 Å². The lowest BCUT2D eigenvalue weighted by Crippen LogP contribution is -2.35. The van der Waals surface area contributed by atoms with Crippen LogP contribution in [0.4, 0.5) is 0 Å².